The van der Waals surface area contributed by atoms with E-state index in [1.54, 1.807) is 67.8 Å². The van der Waals surface area contributed by atoms with E-state index in [4.69, 9.17) is 13.9 Å². The minimum absolute atomic E-state index is 0.473. The lowest BCUT2D eigenvalue weighted by atomic mass is 10.1. The van der Waals surface area contributed by atoms with E-state index >= 15 is 0 Å². The summed E-state index contributed by atoms with van der Waals surface area (Å²) in [5, 5.41) is 2.75. The van der Waals surface area contributed by atoms with Crippen LogP contribution in [0.2, 0.25) is 0 Å². The Morgan fingerprint density at radius 2 is 1.86 bits per heavy atom. The highest BCUT2D eigenvalue weighted by atomic mass is 16.5. The second-order valence-corrected chi connectivity index (χ2v) is 5.80. The van der Waals surface area contributed by atoms with Crippen LogP contribution < -0.4 is 10.1 Å². The van der Waals surface area contributed by atoms with Crippen LogP contribution in [0.4, 0.5) is 5.69 Å². The van der Waals surface area contributed by atoms with Gasteiger partial charge >= 0.3 is 5.97 Å². The van der Waals surface area contributed by atoms with Crippen LogP contribution in [0.25, 0.3) is 6.08 Å². The third-order valence-electron chi connectivity index (χ3n) is 3.84. The lowest BCUT2D eigenvalue weighted by molar-refractivity contribution is -0.149. The third kappa shape index (κ3) is 5.11. The summed E-state index contributed by atoms with van der Waals surface area (Å²) in [4.78, 5) is 25.0. The number of nitrogens with one attached hydrogen (secondary N) is 1. The molecule has 1 amide bonds. The van der Waals surface area contributed by atoms with Crippen LogP contribution in [0, 0.1) is 0 Å². The number of anilines is 1. The normalized spacial score (nSPS) is 11.8. The highest BCUT2D eigenvalue weighted by molar-refractivity contribution is 5.97. The molecule has 1 heterocycles. The molecule has 28 heavy (non-hydrogen) atoms. The molecule has 0 saturated heterocycles. The molecule has 0 aliphatic carbocycles. The number of carbonyl (C=O) groups is 2. The van der Waals surface area contributed by atoms with Crippen molar-refractivity contribution in [3.8, 4) is 5.75 Å². The number of carbonyl (C=O) groups excluding carboxylic acids is 2. The molecule has 0 aliphatic heterocycles. The van der Waals surface area contributed by atoms with Gasteiger partial charge in [0.25, 0.3) is 5.91 Å². The molecule has 0 saturated carbocycles. The maximum absolute atomic E-state index is 12.8. The Hall–Kier alpha value is -3.80. The van der Waals surface area contributed by atoms with Crippen LogP contribution >= 0.6 is 0 Å². The van der Waals surface area contributed by atoms with E-state index < -0.39 is 18.0 Å². The van der Waals surface area contributed by atoms with Crippen molar-refractivity contribution in [1.29, 1.82) is 0 Å². The SMILES string of the molecule is COc1cccc(NC(=O)C(OC(=O)/C=C/c2ccco2)c2ccccc2)c1. The number of benzene rings is 2. The van der Waals surface area contributed by atoms with Gasteiger partial charge in [-0.15, -0.1) is 0 Å². The molecule has 6 nitrogen and oxygen atoms in total. The van der Waals surface area contributed by atoms with E-state index in [1.807, 2.05) is 6.07 Å². The number of rotatable bonds is 7. The van der Waals surface area contributed by atoms with Crippen molar-refractivity contribution in [2.45, 2.75) is 6.10 Å². The largest absolute Gasteiger partial charge is 0.497 e. The molecular formula is C22H19NO5. The van der Waals surface area contributed by atoms with Crippen LogP contribution in [-0.2, 0) is 14.3 Å². The standard InChI is InChI=1S/C22H19NO5/c1-26-19-10-5-9-17(15-19)23-22(25)21(16-7-3-2-4-8-16)28-20(24)13-12-18-11-6-14-27-18/h2-15,21H,1H3,(H,23,25)/b13-12+. The Balaban J connectivity index is 1.76. The first-order valence-electron chi connectivity index (χ1n) is 8.58. The molecule has 0 bridgehead atoms. The molecule has 1 atom stereocenters. The quantitative estimate of drug-likeness (QED) is 0.493. The monoisotopic (exact) mass is 377 g/mol. The van der Waals surface area contributed by atoms with Crippen molar-refractivity contribution in [1.82, 2.24) is 0 Å². The summed E-state index contributed by atoms with van der Waals surface area (Å²) in [5.41, 5.74) is 1.09. The van der Waals surface area contributed by atoms with Crippen molar-refractivity contribution < 1.29 is 23.5 Å². The molecule has 1 aromatic heterocycles. The Bertz CT molecular complexity index is 948. The van der Waals surface area contributed by atoms with Crippen molar-refractivity contribution >= 4 is 23.6 Å². The van der Waals surface area contributed by atoms with Crippen LogP contribution in [0.3, 0.4) is 0 Å². The highest BCUT2D eigenvalue weighted by Crippen LogP contribution is 2.22. The van der Waals surface area contributed by atoms with Gasteiger partial charge in [-0.2, -0.15) is 0 Å². The molecule has 0 fully saturated rings. The van der Waals surface area contributed by atoms with Crippen molar-refractivity contribution in [2.75, 3.05) is 12.4 Å². The fraction of sp³-hybridized carbons (Fsp3) is 0.0909. The van der Waals surface area contributed by atoms with E-state index in [0.29, 0.717) is 22.8 Å². The van der Waals surface area contributed by atoms with Gasteiger partial charge in [0.2, 0.25) is 6.10 Å². The fourth-order valence-corrected chi connectivity index (χ4v) is 2.50. The molecule has 2 aromatic carbocycles. The zero-order valence-corrected chi connectivity index (χ0v) is 15.2. The Morgan fingerprint density at radius 1 is 1.04 bits per heavy atom. The van der Waals surface area contributed by atoms with Gasteiger partial charge in [-0.3, -0.25) is 4.79 Å². The number of amides is 1. The predicted octanol–water partition coefficient (Wildman–Crippen LogP) is 4.22. The number of ether oxygens (including phenoxy) is 2. The Morgan fingerprint density at radius 3 is 2.57 bits per heavy atom. The van der Waals surface area contributed by atoms with Crippen molar-refractivity contribution in [3.63, 3.8) is 0 Å². The molecule has 0 radical (unpaired) electrons. The molecule has 3 rings (SSSR count). The van der Waals surface area contributed by atoms with E-state index in [0.717, 1.165) is 0 Å². The molecule has 3 aromatic rings. The fourth-order valence-electron chi connectivity index (χ4n) is 2.50. The summed E-state index contributed by atoms with van der Waals surface area (Å²) in [7, 11) is 1.54. The molecule has 1 unspecified atom stereocenters. The molecular weight excluding hydrogens is 358 g/mol. The third-order valence-corrected chi connectivity index (χ3v) is 3.84. The summed E-state index contributed by atoms with van der Waals surface area (Å²) >= 11 is 0. The van der Waals surface area contributed by atoms with Gasteiger partial charge < -0.3 is 19.2 Å². The maximum atomic E-state index is 12.8. The zero-order chi connectivity index (χ0) is 19.8. The van der Waals surface area contributed by atoms with Gasteiger partial charge in [-0.1, -0.05) is 36.4 Å². The Labute approximate surface area is 162 Å². The molecule has 142 valence electrons. The molecule has 1 N–H and O–H groups in total. The summed E-state index contributed by atoms with van der Waals surface area (Å²) in [6.45, 7) is 0. The van der Waals surface area contributed by atoms with E-state index in [1.165, 1.54) is 18.4 Å². The summed E-state index contributed by atoms with van der Waals surface area (Å²) in [6, 6.07) is 19.1. The molecule has 6 heteroatoms. The number of methoxy groups -OCH3 is 1. The maximum Gasteiger partial charge on any atom is 0.332 e. The van der Waals surface area contributed by atoms with Crippen LogP contribution in [0.5, 0.6) is 5.75 Å². The van der Waals surface area contributed by atoms with Crippen molar-refractivity contribution in [3.05, 3.63) is 90.4 Å². The second kappa shape index (κ2) is 9.23. The average Bonchev–Trinajstić information content (AvgIpc) is 3.25. The minimum atomic E-state index is -1.11. The predicted molar refractivity (Wildman–Crippen MR) is 105 cm³/mol. The van der Waals surface area contributed by atoms with Gasteiger partial charge in [0.1, 0.15) is 11.5 Å². The van der Waals surface area contributed by atoms with Gasteiger partial charge in [-0.05, 0) is 30.3 Å². The van der Waals surface area contributed by atoms with Gasteiger partial charge in [-0.25, -0.2) is 4.79 Å². The zero-order valence-electron chi connectivity index (χ0n) is 15.2. The first-order chi connectivity index (χ1) is 13.7. The minimum Gasteiger partial charge on any atom is -0.497 e. The number of hydrogen-bond donors (Lipinski definition) is 1. The smallest absolute Gasteiger partial charge is 0.332 e. The van der Waals surface area contributed by atoms with Crippen LogP contribution in [-0.4, -0.2) is 19.0 Å². The van der Waals surface area contributed by atoms with Gasteiger partial charge in [0.15, 0.2) is 0 Å². The highest BCUT2D eigenvalue weighted by Gasteiger charge is 2.24. The van der Waals surface area contributed by atoms with Crippen LogP contribution in [0.1, 0.15) is 17.4 Å². The van der Waals surface area contributed by atoms with Crippen molar-refractivity contribution in [2.24, 2.45) is 0 Å². The van der Waals surface area contributed by atoms with Crippen LogP contribution in [0.15, 0.2) is 83.5 Å². The number of hydrogen-bond acceptors (Lipinski definition) is 5. The summed E-state index contributed by atoms with van der Waals surface area (Å²) in [5.74, 6) is -0.0215. The van der Waals surface area contributed by atoms with Gasteiger partial charge in [0.05, 0.1) is 13.4 Å². The van der Waals surface area contributed by atoms with E-state index in [9.17, 15) is 9.59 Å². The van der Waals surface area contributed by atoms with Gasteiger partial charge in [0, 0.05) is 23.4 Å². The lowest BCUT2D eigenvalue weighted by Gasteiger charge is -2.17. The number of esters is 1. The number of furan rings is 1. The first kappa shape index (κ1) is 19.0. The Kier molecular flexibility index (Phi) is 6.25. The average molecular weight is 377 g/mol. The lowest BCUT2D eigenvalue weighted by Crippen LogP contribution is -2.25. The van der Waals surface area contributed by atoms with E-state index in [-0.39, 0.29) is 0 Å². The topological polar surface area (TPSA) is 77.8 Å². The first-order valence-corrected chi connectivity index (χ1v) is 8.58. The second-order valence-electron chi connectivity index (χ2n) is 5.80. The molecule has 0 aliphatic rings. The molecule has 0 spiro atoms. The summed E-state index contributed by atoms with van der Waals surface area (Å²) < 4.78 is 15.7. The summed E-state index contributed by atoms with van der Waals surface area (Å²) in [6.07, 6.45) is 3.08. The van der Waals surface area contributed by atoms with E-state index in [2.05, 4.69) is 5.32 Å².